The van der Waals surface area contributed by atoms with Crippen LogP contribution >= 0.6 is 23.2 Å². The third kappa shape index (κ3) is 7.36. The van der Waals surface area contributed by atoms with Crippen LogP contribution < -0.4 is 15.4 Å². The molecule has 6 rings (SSSR count). The Kier molecular flexibility index (Phi) is 10.4. The number of β-amino-alcohol motifs (C(OH)–C–C–N with tert-alkyl or cyclic N) is 1. The van der Waals surface area contributed by atoms with Crippen LogP contribution in [0.2, 0.25) is 10.0 Å². The molecule has 13 heteroatoms. The number of nitrogens with zero attached hydrogens (tertiary/aromatic N) is 3. The highest BCUT2D eigenvalue weighted by Gasteiger charge is 2.27. The largest absolute Gasteiger partial charge is 0.481 e. The number of pyridine rings is 2. The highest BCUT2D eigenvalue weighted by atomic mass is 35.5. The fraction of sp³-hybridized carbons (Fsp3) is 0.343. The van der Waals surface area contributed by atoms with Gasteiger partial charge in [-0.3, -0.25) is 14.7 Å². The number of hydrogen-bond donors (Lipinski definition) is 3. The van der Waals surface area contributed by atoms with Gasteiger partial charge in [0, 0.05) is 79.2 Å². The molecule has 3 N–H and O–H groups in total. The molecule has 1 unspecified atom stereocenters. The van der Waals surface area contributed by atoms with Gasteiger partial charge in [0.05, 0.1) is 45.3 Å². The zero-order chi connectivity index (χ0) is 34.0. The third-order valence-corrected chi connectivity index (χ3v) is 11.2. The molecule has 0 bridgehead atoms. The standard InChI is InChI=1S/C35H37Cl2N5O5S/c1-21(43)19-42-14-15-48(45,46)30-16-22(6-7-24(30)20-42)34-33(37)27(12-13-39-34)26-4-3-5-28(32(26)36)29-10-8-23(35(41-29)47-2)17-38-18-25-9-11-31(44)40-25/h3-8,10,12-13,16,21,25,38,43H,9,11,14-15,17-20H2,1-2H3,(H,40,44)/t21?,25-/m0/s1. The summed E-state index contributed by atoms with van der Waals surface area (Å²) in [5, 5.41) is 17.0. The lowest BCUT2D eigenvalue weighted by molar-refractivity contribution is -0.119. The summed E-state index contributed by atoms with van der Waals surface area (Å²) in [5.74, 6) is 0.504. The summed E-state index contributed by atoms with van der Waals surface area (Å²) in [6.07, 6.45) is 2.44. The zero-order valence-electron chi connectivity index (χ0n) is 26.7. The Morgan fingerprint density at radius 3 is 2.65 bits per heavy atom. The van der Waals surface area contributed by atoms with Crippen LogP contribution in [-0.4, -0.2) is 78.9 Å². The van der Waals surface area contributed by atoms with Crippen molar-refractivity contribution in [1.29, 1.82) is 0 Å². The van der Waals surface area contributed by atoms with Crippen molar-refractivity contribution in [3.8, 4) is 39.5 Å². The van der Waals surface area contributed by atoms with Crippen LogP contribution in [0.5, 0.6) is 5.88 Å². The molecule has 2 aromatic carbocycles. The average Bonchev–Trinajstić information content (AvgIpc) is 3.43. The first-order chi connectivity index (χ1) is 23.0. The third-order valence-electron chi connectivity index (χ3n) is 8.65. The van der Waals surface area contributed by atoms with E-state index < -0.39 is 15.9 Å². The van der Waals surface area contributed by atoms with Crippen LogP contribution in [-0.2, 0) is 27.7 Å². The second-order valence-corrected chi connectivity index (χ2v) is 15.0. The molecule has 4 heterocycles. The molecule has 0 radical (unpaired) electrons. The van der Waals surface area contributed by atoms with E-state index in [0.717, 1.165) is 12.0 Å². The van der Waals surface area contributed by atoms with E-state index in [1.165, 1.54) is 0 Å². The number of amides is 1. The van der Waals surface area contributed by atoms with Crippen molar-refractivity contribution in [3.63, 3.8) is 0 Å². The highest BCUT2D eigenvalue weighted by Crippen LogP contribution is 2.42. The van der Waals surface area contributed by atoms with E-state index in [9.17, 15) is 18.3 Å². The van der Waals surface area contributed by atoms with E-state index in [1.807, 2.05) is 41.3 Å². The molecule has 2 aliphatic heterocycles. The Hall–Kier alpha value is -3.58. The van der Waals surface area contributed by atoms with Gasteiger partial charge in [-0.15, -0.1) is 0 Å². The second-order valence-electron chi connectivity index (χ2n) is 12.2. The minimum absolute atomic E-state index is 0.0454. The van der Waals surface area contributed by atoms with Crippen molar-refractivity contribution in [3.05, 3.63) is 82.0 Å². The number of aliphatic hydroxyl groups excluding tert-OH is 1. The van der Waals surface area contributed by atoms with Gasteiger partial charge < -0.3 is 20.5 Å². The maximum atomic E-state index is 13.3. The molecular weight excluding hydrogens is 673 g/mol. The summed E-state index contributed by atoms with van der Waals surface area (Å²) < 4.78 is 32.2. The normalized spacial score (nSPS) is 18.2. The van der Waals surface area contributed by atoms with Gasteiger partial charge in [0.2, 0.25) is 11.8 Å². The van der Waals surface area contributed by atoms with Crippen molar-refractivity contribution in [2.24, 2.45) is 0 Å². The topological polar surface area (TPSA) is 134 Å². The number of nitrogens with one attached hydrogen (secondary N) is 2. The lowest BCUT2D eigenvalue weighted by Gasteiger charge is -2.21. The number of ether oxygens (including phenoxy) is 1. The zero-order valence-corrected chi connectivity index (χ0v) is 29.0. The minimum Gasteiger partial charge on any atom is -0.481 e. The van der Waals surface area contributed by atoms with E-state index in [4.69, 9.17) is 32.9 Å². The molecule has 1 amide bonds. The first-order valence-corrected chi connectivity index (χ1v) is 18.2. The lowest BCUT2D eigenvalue weighted by Crippen LogP contribution is -2.35. The number of carbonyl (C=O) groups is 1. The first-order valence-electron chi connectivity index (χ1n) is 15.8. The molecule has 2 aliphatic rings. The Labute approximate surface area is 290 Å². The van der Waals surface area contributed by atoms with Crippen molar-refractivity contribution >= 4 is 38.9 Å². The fourth-order valence-electron chi connectivity index (χ4n) is 6.26. The second kappa shape index (κ2) is 14.5. The summed E-state index contributed by atoms with van der Waals surface area (Å²) in [4.78, 5) is 23.0. The maximum Gasteiger partial charge on any atom is 0.220 e. The maximum absolute atomic E-state index is 13.3. The molecule has 0 aliphatic carbocycles. The van der Waals surface area contributed by atoms with Crippen molar-refractivity contribution < 1.29 is 23.1 Å². The Balaban J connectivity index is 1.28. The minimum atomic E-state index is -3.57. The molecule has 48 heavy (non-hydrogen) atoms. The number of rotatable bonds is 10. The molecule has 2 aromatic heterocycles. The van der Waals surface area contributed by atoms with Gasteiger partial charge in [-0.1, -0.05) is 59.6 Å². The van der Waals surface area contributed by atoms with Crippen LogP contribution in [0.15, 0.2) is 65.7 Å². The lowest BCUT2D eigenvalue weighted by atomic mass is 9.99. The monoisotopic (exact) mass is 709 g/mol. The van der Waals surface area contributed by atoms with Crippen molar-refractivity contribution in [2.75, 3.05) is 32.5 Å². The number of aliphatic hydroxyl groups is 1. The number of methoxy groups -OCH3 is 1. The Morgan fingerprint density at radius 1 is 1.10 bits per heavy atom. The molecule has 1 fully saturated rings. The number of carbonyl (C=O) groups excluding carboxylic acids is 1. The quantitative estimate of drug-likeness (QED) is 0.205. The first kappa shape index (κ1) is 34.3. The Morgan fingerprint density at radius 2 is 1.90 bits per heavy atom. The van der Waals surface area contributed by atoms with Gasteiger partial charge in [-0.2, -0.15) is 0 Å². The fourth-order valence-corrected chi connectivity index (χ4v) is 8.47. The van der Waals surface area contributed by atoms with Crippen LogP contribution in [0.1, 0.15) is 30.9 Å². The molecule has 0 spiro atoms. The van der Waals surface area contributed by atoms with Gasteiger partial charge in [0.1, 0.15) is 0 Å². The summed E-state index contributed by atoms with van der Waals surface area (Å²) in [6, 6.07) is 16.6. The van der Waals surface area contributed by atoms with E-state index in [1.54, 1.807) is 38.4 Å². The van der Waals surface area contributed by atoms with Crippen LogP contribution in [0.25, 0.3) is 33.6 Å². The number of hydrogen-bond acceptors (Lipinski definition) is 9. The number of sulfone groups is 1. The molecule has 0 saturated carbocycles. The van der Waals surface area contributed by atoms with Crippen molar-refractivity contribution in [2.45, 2.75) is 49.9 Å². The highest BCUT2D eigenvalue weighted by molar-refractivity contribution is 7.91. The Bertz CT molecular complexity index is 1960. The van der Waals surface area contributed by atoms with Crippen LogP contribution in [0.3, 0.4) is 0 Å². The predicted molar refractivity (Wildman–Crippen MR) is 187 cm³/mol. The molecular formula is C35H37Cl2N5O5S. The molecule has 2 atom stereocenters. The van der Waals surface area contributed by atoms with E-state index >= 15 is 0 Å². The predicted octanol–water partition coefficient (Wildman–Crippen LogP) is 5.13. The smallest absolute Gasteiger partial charge is 0.220 e. The number of fused-ring (bicyclic) bond motifs is 1. The summed E-state index contributed by atoms with van der Waals surface area (Å²) in [7, 11) is -2.00. The number of halogens is 2. The van der Waals surface area contributed by atoms with E-state index in [2.05, 4.69) is 15.6 Å². The van der Waals surface area contributed by atoms with Gasteiger partial charge in [0.15, 0.2) is 9.84 Å². The van der Waals surface area contributed by atoms with Gasteiger partial charge in [0.25, 0.3) is 0 Å². The van der Waals surface area contributed by atoms with Gasteiger partial charge in [-0.05, 0) is 37.1 Å². The number of benzene rings is 2. The molecule has 10 nitrogen and oxygen atoms in total. The van der Waals surface area contributed by atoms with E-state index in [0.29, 0.717) is 94.3 Å². The SMILES string of the molecule is COc1nc(-c2cccc(-c3ccnc(-c4ccc5c(c4)S(=O)(=O)CCN(CC(C)O)C5)c3Cl)c2Cl)ccc1CNC[C@@H]1CCC(=O)N1. The summed E-state index contributed by atoms with van der Waals surface area (Å²) in [6.45, 7) is 4.01. The van der Waals surface area contributed by atoms with E-state index in [-0.39, 0.29) is 22.6 Å². The van der Waals surface area contributed by atoms with Gasteiger partial charge >= 0.3 is 0 Å². The number of aromatic nitrogens is 2. The summed E-state index contributed by atoms with van der Waals surface area (Å²) >= 11 is 14.1. The molecule has 1 saturated heterocycles. The van der Waals surface area contributed by atoms with Crippen molar-refractivity contribution in [1.82, 2.24) is 25.5 Å². The van der Waals surface area contributed by atoms with Crippen LogP contribution in [0.4, 0.5) is 0 Å². The molecule has 252 valence electrons. The van der Waals surface area contributed by atoms with Crippen LogP contribution in [0, 0.1) is 0 Å². The van der Waals surface area contributed by atoms with Gasteiger partial charge in [-0.25, -0.2) is 13.4 Å². The molecule has 4 aromatic rings. The summed E-state index contributed by atoms with van der Waals surface area (Å²) in [5.41, 5.74) is 5.18. The average molecular weight is 711 g/mol.